The number of furan rings is 1. The topological polar surface area (TPSA) is 60.4 Å². The summed E-state index contributed by atoms with van der Waals surface area (Å²) in [7, 11) is 0. The number of hydrogen-bond acceptors (Lipinski definition) is 4. The van der Waals surface area contributed by atoms with E-state index in [0.29, 0.717) is 28.4 Å². The third-order valence-electron chi connectivity index (χ3n) is 5.33. The van der Waals surface area contributed by atoms with Gasteiger partial charge >= 0.3 is 0 Å². The summed E-state index contributed by atoms with van der Waals surface area (Å²) in [6.45, 7) is 4.31. The van der Waals surface area contributed by atoms with Gasteiger partial charge in [-0.25, -0.2) is 4.98 Å². The maximum atomic E-state index is 13.3. The van der Waals surface area contributed by atoms with Crippen LogP contribution in [0, 0.1) is 0 Å². The van der Waals surface area contributed by atoms with Crippen LogP contribution in [0.5, 0.6) is 0 Å². The molecule has 0 aliphatic carbocycles. The average molecular weight is 407 g/mol. The number of para-hydroxylation sites is 2. The van der Waals surface area contributed by atoms with E-state index in [9.17, 15) is 4.79 Å². The molecule has 2 aromatic heterocycles. The van der Waals surface area contributed by atoms with Gasteiger partial charge in [0, 0.05) is 5.39 Å². The molecule has 0 spiro atoms. The second-order valence-corrected chi connectivity index (χ2v) is 7.78. The van der Waals surface area contributed by atoms with E-state index in [0.717, 1.165) is 16.5 Å². The zero-order chi connectivity index (χ0) is 21.4. The third-order valence-corrected chi connectivity index (χ3v) is 5.33. The van der Waals surface area contributed by atoms with Crippen LogP contribution < -0.4 is 5.56 Å². The van der Waals surface area contributed by atoms with Gasteiger partial charge in [-0.2, -0.15) is 9.78 Å². The van der Waals surface area contributed by atoms with E-state index in [-0.39, 0.29) is 5.56 Å². The lowest BCUT2D eigenvalue weighted by Crippen LogP contribution is -2.20. The van der Waals surface area contributed by atoms with Gasteiger partial charge in [-0.05, 0) is 41.3 Å². The lowest BCUT2D eigenvalue weighted by Gasteiger charge is -2.07. The molecule has 0 fully saturated rings. The van der Waals surface area contributed by atoms with Gasteiger partial charge in [-0.15, -0.1) is 0 Å². The van der Waals surface area contributed by atoms with Crippen molar-refractivity contribution in [1.29, 1.82) is 0 Å². The van der Waals surface area contributed by atoms with Crippen LogP contribution in [0.15, 0.2) is 93.2 Å². The van der Waals surface area contributed by atoms with Gasteiger partial charge in [0.25, 0.3) is 5.56 Å². The van der Waals surface area contributed by atoms with Crippen LogP contribution in [0.2, 0.25) is 0 Å². The van der Waals surface area contributed by atoms with E-state index >= 15 is 0 Å². The van der Waals surface area contributed by atoms with Gasteiger partial charge in [0.2, 0.25) is 5.82 Å². The molecule has 0 bridgehead atoms. The monoisotopic (exact) mass is 407 g/mol. The van der Waals surface area contributed by atoms with Crippen molar-refractivity contribution in [2.75, 3.05) is 0 Å². The first-order chi connectivity index (χ1) is 15.1. The van der Waals surface area contributed by atoms with Crippen molar-refractivity contribution in [2.45, 2.75) is 19.8 Å². The second kappa shape index (κ2) is 7.69. The molecular weight excluding hydrogens is 386 g/mol. The molecule has 0 saturated carbocycles. The molecule has 0 amide bonds. The van der Waals surface area contributed by atoms with Crippen LogP contribution in [0.3, 0.4) is 0 Å². The highest BCUT2D eigenvalue weighted by atomic mass is 16.3. The first-order valence-electron chi connectivity index (χ1n) is 10.3. The van der Waals surface area contributed by atoms with Crippen LogP contribution in [-0.2, 0) is 0 Å². The zero-order valence-corrected chi connectivity index (χ0v) is 17.3. The molecule has 5 aromatic rings. The van der Waals surface area contributed by atoms with Gasteiger partial charge in [0.15, 0.2) is 5.76 Å². The molecule has 2 heterocycles. The van der Waals surface area contributed by atoms with Gasteiger partial charge in [0.1, 0.15) is 5.58 Å². The Morgan fingerprint density at radius 3 is 2.48 bits per heavy atom. The summed E-state index contributed by atoms with van der Waals surface area (Å²) in [5, 5.41) is 5.96. The normalized spacial score (nSPS) is 11.8. The van der Waals surface area contributed by atoms with Crippen LogP contribution in [0.4, 0.5) is 0 Å². The quantitative estimate of drug-likeness (QED) is 0.353. The van der Waals surface area contributed by atoms with Gasteiger partial charge in [0.05, 0.1) is 17.1 Å². The molecular formula is C26H21N3O2. The third kappa shape index (κ3) is 3.55. The fourth-order valence-corrected chi connectivity index (χ4v) is 3.57. The number of benzene rings is 3. The summed E-state index contributed by atoms with van der Waals surface area (Å²) in [5.41, 5.74) is 3.26. The standard InChI is InChI=1S/C26H21N3O2/c1-17(2)19-13-11-18(12-14-19)16-27-29-25(24-15-20-7-3-6-10-23(20)31-24)28-22-9-5-4-8-21(22)26(29)30/h3-17H,1-2H3. The fraction of sp³-hybridized carbons (Fsp3) is 0.115. The first kappa shape index (κ1) is 19.0. The Morgan fingerprint density at radius 1 is 0.968 bits per heavy atom. The molecule has 0 N–H and O–H groups in total. The summed E-state index contributed by atoms with van der Waals surface area (Å²) in [5.74, 6) is 1.32. The fourth-order valence-electron chi connectivity index (χ4n) is 3.57. The maximum absolute atomic E-state index is 13.3. The Hall–Kier alpha value is -3.99. The highest BCUT2D eigenvalue weighted by Crippen LogP contribution is 2.27. The van der Waals surface area contributed by atoms with Crippen molar-refractivity contribution < 1.29 is 4.42 Å². The van der Waals surface area contributed by atoms with Crippen LogP contribution in [0.25, 0.3) is 33.5 Å². The largest absolute Gasteiger partial charge is 0.453 e. The predicted molar refractivity (Wildman–Crippen MR) is 125 cm³/mol. The number of rotatable bonds is 4. The van der Waals surface area contributed by atoms with Crippen LogP contribution in [-0.4, -0.2) is 15.9 Å². The van der Waals surface area contributed by atoms with E-state index in [1.807, 2.05) is 60.7 Å². The van der Waals surface area contributed by atoms with E-state index in [4.69, 9.17) is 9.40 Å². The number of fused-ring (bicyclic) bond motifs is 2. The highest BCUT2D eigenvalue weighted by molar-refractivity contribution is 5.84. The minimum absolute atomic E-state index is 0.240. The lowest BCUT2D eigenvalue weighted by atomic mass is 10.0. The molecule has 0 atom stereocenters. The summed E-state index contributed by atoms with van der Waals surface area (Å²) in [6, 6.07) is 25.0. The van der Waals surface area contributed by atoms with E-state index in [1.165, 1.54) is 10.2 Å². The SMILES string of the molecule is CC(C)c1ccc(C=Nn2c(-c3cc4ccccc4o3)nc3ccccc3c2=O)cc1. The number of aromatic nitrogens is 2. The molecule has 5 rings (SSSR count). The van der Waals surface area contributed by atoms with Crippen LogP contribution >= 0.6 is 0 Å². The van der Waals surface area contributed by atoms with Crippen molar-refractivity contribution in [3.8, 4) is 11.6 Å². The van der Waals surface area contributed by atoms with Crippen LogP contribution in [0.1, 0.15) is 30.9 Å². The smallest absolute Gasteiger partial charge is 0.282 e. The minimum Gasteiger partial charge on any atom is -0.453 e. The van der Waals surface area contributed by atoms with Crippen molar-refractivity contribution in [3.63, 3.8) is 0 Å². The first-order valence-corrected chi connectivity index (χ1v) is 10.3. The molecule has 5 heteroatoms. The zero-order valence-electron chi connectivity index (χ0n) is 17.3. The van der Waals surface area contributed by atoms with Crippen molar-refractivity contribution >= 4 is 28.1 Å². The van der Waals surface area contributed by atoms with E-state index < -0.39 is 0 Å². The average Bonchev–Trinajstić information content (AvgIpc) is 3.23. The Balaban J connectivity index is 1.67. The lowest BCUT2D eigenvalue weighted by molar-refractivity contribution is 0.616. The van der Waals surface area contributed by atoms with Crippen molar-refractivity contribution in [3.05, 3.63) is 100 Å². The summed E-state index contributed by atoms with van der Waals surface area (Å²) in [4.78, 5) is 18.0. The summed E-state index contributed by atoms with van der Waals surface area (Å²) < 4.78 is 7.31. The number of nitrogens with zero attached hydrogens (tertiary/aromatic N) is 3. The molecule has 5 nitrogen and oxygen atoms in total. The second-order valence-electron chi connectivity index (χ2n) is 7.78. The molecule has 0 radical (unpaired) electrons. The van der Waals surface area contributed by atoms with Crippen molar-refractivity contribution in [2.24, 2.45) is 5.10 Å². The van der Waals surface area contributed by atoms with E-state index in [2.05, 4.69) is 31.1 Å². The molecule has 3 aromatic carbocycles. The molecule has 0 saturated heterocycles. The Bertz CT molecular complexity index is 1440. The van der Waals surface area contributed by atoms with Gasteiger partial charge in [-0.3, -0.25) is 4.79 Å². The summed E-state index contributed by atoms with van der Waals surface area (Å²) in [6.07, 6.45) is 1.67. The van der Waals surface area contributed by atoms with E-state index in [1.54, 1.807) is 12.3 Å². The minimum atomic E-state index is -0.240. The highest BCUT2D eigenvalue weighted by Gasteiger charge is 2.16. The molecule has 0 aliphatic rings. The Kier molecular flexibility index (Phi) is 4.71. The van der Waals surface area contributed by atoms with Gasteiger partial charge in [-0.1, -0.05) is 68.4 Å². The van der Waals surface area contributed by atoms with Crippen molar-refractivity contribution in [1.82, 2.24) is 9.66 Å². The Labute approximate surface area is 179 Å². The molecule has 152 valence electrons. The van der Waals surface area contributed by atoms with Gasteiger partial charge < -0.3 is 4.42 Å². The maximum Gasteiger partial charge on any atom is 0.282 e. The summed E-state index contributed by atoms with van der Waals surface area (Å²) >= 11 is 0. The number of hydrogen-bond donors (Lipinski definition) is 0. The molecule has 0 unspecified atom stereocenters. The Morgan fingerprint density at radius 2 is 1.71 bits per heavy atom. The molecule has 0 aliphatic heterocycles. The molecule has 31 heavy (non-hydrogen) atoms. The predicted octanol–water partition coefficient (Wildman–Crippen LogP) is 5.82.